The molecule has 3 heterocycles. The Balaban J connectivity index is 1.35. The van der Waals surface area contributed by atoms with Gasteiger partial charge in [0.15, 0.2) is 5.71 Å². The van der Waals surface area contributed by atoms with E-state index in [1.54, 1.807) is 0 Å². The Morgan fingerprint density at radius 3 is 2.43 bits per heavy atom. The van der Waals surface area contributed by atoms with Gasteiger partial charge in [-0.05, 0) is 24.6 Å². The summed E-state index contributed by atoms with van der Waals surface area (Å²) in [5, 5.41) is 13.4. The predicted molar refractivity (Wildman–Crippen MR) is 143 cm³/mol. The van der Waals surface area contributed by atoms with Gasteiger partial charge in [-0.15, -0.1) is 11.3 Å². The Labute approximate surface area is 209 Å². The zero-order chi connectivity index (χ0) is 23.8. The highest BCUT2D eigenvalue weighted by molar-refractivity contribution is 7.22. The largest absolute Gasteiger partial charge is 0.303 e. The normalized spacial score (nSPS) is 14.7. The molecule has 35 heavy (non-hydrogen) atoms. The van der Waals surface area contributed by atoms with Crippen LogP contribution in [0.25, 0.3) is 21.5 Å². The van der Waals surface area contributed by atoms with Gasteiger partial charge in [0.05, 0.1) is 15.9 Å². The molecule has 0 saturated carbocycles. The second-order valence-electron chi connectivity index (χ2n) is 7.88. The van der Waals surface area contributed by atoms with E-state index in [4.69, 9.17) is 0 Å². The van der Waals surface area contributed by atoms with E-state index in [1.165, 1.54) is 27.7 Å². The summed E-state index contributed by atoms with van der Waals surface area (Å²) in [5.41, 5.74) is 8.28. The predicted octanol–water partition coefficient (Wildman–Crippen LogP) is 5.95. The Morgan fingerprint density at radius 1 is 0.914 bits per heavy atom. The van der Waals surface area contributed by atoms with Crippen LogP contribution in [0.5, 0.6) is 0 Å². The molecule has 0 aliphatic carbocycles. The van der Waals surface area contributed by atoms with Crippen LogP contribution in [-0.2, 0) is 4.79 Å². The molecule has 1 N–H and O–H groups in total. The van der Waals surface area contributed by atoms with Crippen LogP contribution in [0.4, 0.5) is 10.3 Å². The lowest BCUT2D eigenvalue weighted by Gasteiger charge is -2.06. The summed E-state index contributed by atoms with van der Waals surface area (Å²) in [6.07, 6.45) is 0. The average Bonchev–Trinajstić information content (AvgIpc) is 3.61. The van der Waals surface area contributed by atoms with Gasteiger partial charge in [-0.1, -0.05) is 78.1 Å². The lowest BCUT2D eigenvalue weighted by atomic mass is 10.1. The van der Waals surface area contributed by atoms with Crippen LogP contribution >= 0.6 is 22.7 Å². The van der Waals surface area contributed by atoms with Gasteiger partial charge in [0, 0.05) is 16.5 Å². The number of rotatable bonds is 5. The molecule has 1 aliphatic heterocycles. The van der Waals surface area contributed by atoms with Crippen LogP contribution in [0.15, 0.2) is 94.4 Å². The van der Waals surface area contributed by atoms with Crippen LogP contribution in [0.1, 0.15) is 11.1 Å². The molecule has 1 aliphatic rings. The van der Waals surface area contributed by atoms with Crippen LogP contribution < -0.4 is 10.4 Å². The van der Waals surface area contributed by atoms with Crippen molar-refractivity contribution in [2.45, 2.75) is 6.92 Å². The number of benzene rings is 3. The minimum Gasteiger partial charge on any atom is -0.265 e. The Bertz CT molecular complexity index is 1600. The zero-order valence-corrected chi connectivity index (χ0v) is 20.2. The van der Waals surface area contributed by atoms with Crippen molar-refractivity contribution in [2.75, 3.05) is 10.4 Å². The second kappa shape index (κ2) is 8.86. The fraction of sp³-hybridized carbons (Fsp3) is 0.0385. The first-order valence-electron chi connectivity index (χ1n) is 10.9. The molecule has 6 rings (SSSR count). The number of hydrazone groups is 2. The Morgan fingerprint density at radius 2 is 1.66 bits per heavy atom. The summed E-state index contributed by atoms with van der Waals surface area (Å²) in [6.45, 7) is 2.03. The average molecular weight is 495 g/mol. The van der Waals surface area contributed by atoms with Gasteiger partial charge in [0.1, 0.15) is 5.71 Å². The number of anilines is 2. The monoisotopic (exact) mass is 494 g/mol. The van der Waals surface area contributed by atoms with E-state index < -0.39 is 0 Å². The molecule has 0 atom stereocenters. The molecule has 170 valence electrons. The molecular weight excluding hydrogens is 476 g/mol. The highest BCUT2D eigenvalue weighted by Crippen LogP contribution is 2.31. The Kier molecular flexibility index (Phi) is 5.40. The number of nitrogens with one attached hydrogen (secondary N) is 1. The SMILES string of the molecule is Cc1ccc2sc(N/N=C3\C(=O)N(c4nc(-c5ccccc5)cs4)N=C3c3ccccc3)nc2c1. The molecule has 0 fully saturated rings. The van der Waals surface area contributed by atoms with Gasteiger partial charge in [0.2, 0.25) is 10.3 Å². The first-order chi connectivity index (χ1) is 17.2. The van der Waals surface area contributed by atoms with Crippen LogP contribution in [0.2, 0.25) is 0 Å². The van der Waals surface area contributed by atoms with E-state index in [2.05, 4.69) is 25.6 Å². The van der Waals surface area contributed by atoms with Crippen molar-refractivity contribution in [1.82, 2.24) is 9.97 Å². The smallest absolute Gasteiger partial charge is 0.265 e. The number of amides is 1. The summed E-state index contributed by atoms with van der Waals surface area (Å²) >= 11 is 2.85. The fourth-order valence-electron chi connectivity index (χ4n) is 3.71. The number of aryl methyl sites for hydroxylation is 1. The number of nitrogens with zero attached hydrogens (tertiary/aromatic N) is 5. The van der Waals surface area contributed by atoms with Crippen molar-refractivity contribution in [3.05, 3.63) is 95.4 Å². The molecule has 3 aromatic carbocycles. The van der Waals surface area contributed by atoms with Crippen LogP contribution in [0.3, 0.4) is 0 Å². The molecule has 0 spiro atoms. The first kappa shape index (κ1) is 21.3. The molecule has 2 aromatic heterocycles. The maximum Gasteiger partial charge on any atom is 0.303 e. The standard InChI is InChI=1S/C26H18N6OS2/c1-16-12-13-21-19(14-16)27-25(35-21)30-29-23-22(18-10-6-3-7-11-18)31-32(24(23)33)26-28-20(15-34-26)17-8-4-2-5-9-17/h2-15H,1H3,(H,27,30)/b29-23-. The third-order valence-electron chi connectivity index (χ3n) is 5.42. The topological polar surface area (TPSA) is 82.8 Å². The molecule has 0 unspecified atom stereocenters. The number of fused-ring (bicyclic) bond motifs is 1. The highest BCUT2D eigenvalue weighted by atomic mass is 32.1. The number of aromatic nitrogens is 2. The number of hydrogen-bond acceptors (Lipinski definition) is 8. The molecule has 9 heteroatoms. The summed E-state index contributed by atoms with van der Waals surface area (Å²) in [4.78, 5) is 22.7. The third-order valence-corrected chi connectivity index (χ3v) is 7.17. The molecule has 1 amide bonds. The second-order valence-corrected chi connectivity index (χ2v) is 9.74. The van der Waals surface area contributed by atoms with Crippen LogP contribution in [-0.4, -0.2) is 27.3 Å². The quantitative estimate of drug-likeness (QED) is 0.306. The van der Waals surface area contributed by atoms with Crippen molar-refractivity contribution in [3.63, 3.8) is 0 Å². The number of carbonyl (C=O) groups excluding carboxylic acids is 1. The van der Waals surface area contributed by atoms with Gasteiger partial charge in [-0.25, -0.2) is 9.97 Å². The summed E-state index contributed by atoms with van der Waals surface area (Å²) in [6, 6.07) is 25.5. The van der Waals surface area contributed by atoms with E-state index in [0.717, 1.165) is 32.6 Å². The summed E-state index contributed by atoms with van der Waals surface area (Å²) < 4.78 is 1.05. The molecular formula is C26H18N6OS2. The lowest BCUT2D eigenvalue weighted by molar-refractivity contribution is -0.112. The van der Waals surface area contributed by atoms with Gasteiger partial charge >= 0.3 is 5.91 Å². The fourth-order valence-corrected chi connectivity index (χ4v) is 5.28. The number of thiazole rings is 2. The maximum absolute atomic E-state index is 13.5. The van der Waals surface area contributed by atoms with Crippen molar-refractivity contribution < 1.29 is 4.79 Å². The number of hydrogen-bond donors (Lipinski definition) is 1. The Hall–Kier alpha value is -4.21. The van der Waals surface area contributed by atoms with Crippen molar-refractivity contribution in [2.24, 2.45) is 10.2 Å². The zero-order valence-electron chi connectivity index (χ0n) is 18.5. The molecule has 0 bridgehead atoms. The van der Waals surface area contributed by atoms with E-state index in [9.17, 15) is 4.79 Å². The minimum atomic E-state index is -0.345. The minimum absolute atomic E-state index is 0.211. The van der Waals surface area contributed by atoms with E-state index in [0.29, 0.717) is 16.0 Å². The molecule has 5 aromatic rings. The summed E-state index contributed by atoms with van der Waals surface area (Å²) in [5.74, 6) is -0.345. The van der Waals surface area contributed by atoms with Gasteiger partial charge in [0.25, 0.3) is 0 Å². The van der Waals surface area contributed by atoms with E-state index in [-0.39, 0.29) is 11.6 Å². The maximum atomic E-state index is 13.5. The highest BCUT2D eigenvalue weighted by Gasteiger charge is 2.35. The van der Waals surface area contributed by atoms with Gasteiger partial charge < -0.3 is 0 Å². The van der Waals surface area contributed by atoms with Gasteiger partial charge in [-0.2, -0.15) is 15.2 Å². The van der Waals surface area contributed by atoms with E-state index >= 15 is 0 Å². The molecule has 0 saturated heterocycles. The lowest BCUT2D eigenvalue weighted by Crippen LogP contribution is -2.28. The van der Waals surface area contributed by atoms with Gasteiger partial charge in [-0.3, -0.25) is 10.2 Å². The summed E-state index contributed by atoms with van der Waals surface area (Å²) in [7, 11) is 0. The van der Waals surface area contributed by atoms with Crippen molar-refractivity contribution in [1.29, 1.82) is 0 Å². The van der Waals surface area contributed by atoms with Crippen LogP contribution in [0, 0.1) is 6.92 Å². The third kappa shape index (κ3) is 4.11. The van der Waals surface area contributed by atoms with Crippen molar-refractivity contribution >= 4 is 60.5 Å². The molecule has 0 radical (unpaired) electrons. The number of carbonyl (C=O) groups is 1. The molecule has 7 nitrogen and oxygen atoms in total. The van der Waals surface area contributed by atoms with Crippen molar-refractivity contribution in [3.8, 4) is 11.3 Å². The first-order valence-corrected chi connectivity index (χ1v) is 12.6. The van der Waals surface area contributed by atoms with E-state index in [1.807, 2.05) is 91.2 Å².